The molecule has 1 atom stereocenters. The lowest BCUT2D eigenvalue weighted by atomic mass is 9.92. The fourth-order valence-corrected chi connectivity index (χ4v) is 4.34. The summed E-state index contributed by atoms with van der Waals surface area (Å²) in [6, 6.07) is 10.3. The number of phenols is 1. The van der Waals surface area contributed by atoms with Gasteiger partial charge in [0.2, 0.25) is 0 Å². The van der Waals surface area contributed by atoms with Gasteiger partial charge in [-0.1, -0.05) is 12.1 Å². The number of H-pyrrole nitrogens is 1. The van der Waals surface area contributed by atoms with Crippen molar-refractivity contribution in [3.63, 3.8) is 0 Å². The van der Waals surface area contributed by atoms with E-state index in [1.54, 1.807) is 25.6 Å². The number of aromatic hydroxyl groups is 1. The molecule has 8 nitrogen and oxygen atoms in total. The van der Waals surface area contributed by atoms with Crippen LogP contribution in [-0.2, 0) is 4.79 Å². The number of aromatic nitrogens is 2. The van der Waals surface area contributed by atoms with Gasteiger partial charge in [0.05, 0.1) is 23.5 Å². The number of Topliss-reactive ketones (excluding diaryl/α,β-unsaturated/α-hetero) is 1. The van der Waals surface area contributed by atoms with E-state index >= 15 is 0 Å². The molecule has 0 bridgehead atoms. The van der Waals surface area contributed by atoms with Crippen molar-refractivity contribution in [2.24, 2.45) is 0 Å². The van der Waals surface area contributed by atoms with Crippen molar-refractivity contribution >= 4 is 34.5 Å². The number of ether oxygens (including phenoxy) is 2. The number of nitrogens with zero attached hydrogens (tertiary/aromatic N) is 1. The van der Waals surface area contributed by atoms with Crippen molar-refractivity contribution in [2.45, 2.75) is 38.3 Å². The quantitative estimate of drug-likeness (QED) is 0.457. The van der Waals surface area contributed by atoms with Gasteiger partial charge in [-0.25, -0.2) is 4.98 Å². The van der Waals surface area contributed by atoms with Crippen molar-refractivity contribution < 1.29 is 24.2 Å². The van der Waals surface area contributed by atoms with Crippen molar-refractivity contribution in [2.75, 3.05) is 18.6 Å². The number of thioether (sulfide) groups is 1. The number of fused-ring (bicyclic) bond motifs is 2. The van der Waals surface area contributed by atoms with Crippen LogP contribution in [0.4, 0.5) is 0 Å². The Morgan fingerprint density at radius 1 is 1.36 bits per heavy atom. The van der Waals surface area contributed by atoms with Crippen LogP contribution in [-0.4, -0.2) is 51.0 Å². The molecule has 1 unspecified atom stereocenters. The number of benzene rings is 2. The second-order valence-electron chi connectivity index (χ2n) is 8.61. The second-order valence-corrected chi connectivity index (χ2v) is 9.59. The van der Waals surface area contributed by atoms with E-state index in [0.29, 0.717) is 12.2 Å². The lowest BCUT2D eigenvalue weighted by molar-refractivity contribution is -0.123. The summed E-state index contributed by atoms with van der Waals surface area (Å²) >= 11 is 1.69. The minimum atomic E-state index is -0.677. The third-order valence-electron chi connectivity index (χ3n) is 5.36. The van der Waals surface area contributed by atoms with Crippen LogP contribution in [0.3, 0.4) is 0 Å². The molecule has 0 fully saturated rings. The number of rotatable bonds is 8. The highest BCUT2D eigenvalue weighted by atomic mass is 32.2. The zero-order valence-electron chi connectivity index (χ0n) is 18.8. The van der Waals surface area contributed by atoms with Gasteiger partial charge < -0.3 is 24.9 Å². The molecule has 9 heteroatoms. The summed E-state index contributed by atoms with van der Waals surface area (Å²) in [5.74, 6) is 1.32. The number of amides is 1. The highest BCUT2D eigenvalue weighted by Crippen LogP contribution is 2.40. The summed E-state index contributed by atoms with van der Waals surface area (Å²) in [5.41, 5.74) is 1.22. The van der Waals surface area contributed by atoms with Crippen LogP contribution in [0.15, 0.2) is 36.4 Å². The van der Waals surface area contributed by atoms with E-state index in [0.717, 1.165) is 16.8 Å². The number of hydrogen-bond donors (Lipinski definition) is 3. The average Bonchev–Trinajstić information content (AvgIpc) is 3.18. The molecule has 4 rings (SSSR count). The molecule has 174 valence electrons. The molecule has 1 aliphatic heterocycles. The van der Waals surface area contributed by atoms with E-state index in [2.05, 4.69) is 15.3 Å². The molecular formula is C24H27N3O5S. The van der Waals surface area contributed by atoms with Crippen molar-refractivity contribution in [1.29, 1.82) is 0 Å². The molecule has 0 saturated heterocycles. The van der Waals surface area contributed by atoms with Crippen molar-refractivity contribution in [3.8, 4) is 17.2 Å². The number of carbonyl (C=O) groups is 2. The first-order chi connectivity index (χ1) is 15.8. The molecule has 33 heavy (non-hydrogen) atoms. The van der Waals surface area contributed by atoms with E-state index in [9.17, 15) is 14.7 Å². The van der Waals surface area contributed by atoms with Crippen LogP contribution in [0.5, 0.6) is 17.2 Å². The number of carbonyl (C=O) groups excluding carboxylic acids is 2. The van der Waals surface area contributed by atoms with Crippen molar-refractivity contribution in [3.05, 3.63) is 47.8 Å². The molecule has 0 aliphatic carbocycles. The van der Waals surface area contributed by atoms with E-state index in [-0.39, 0.29) is 53.6 Å². The zero-order valence-corrected chi connectivity index (χ0v) is 19.6. The Bertz CT molecular complexity index is 1160. The standard InChI is InChI=1S/C24H27N3O5S/c1-24(2)12-19(29)22-18(28)10-14(11-20(22)32-24)31-13-21(30)25-17(8-9-33-3)23-26-15-6-4-5-7-16(15)27-23/h4-7,10-11,17,28H,8-9,12-13H2,1-3H3,(H,25,30)(H,26,27). The Hall–Kier alpha value is -3.20. The number of ketones is 1. The number of hydrogen-bond acceptors (Lipinski definition) is 7. The Labute approximate surface area is 196 Å². The predicted octanol–water partition coefficient (Wildman–Crippen LogP) is 4.00. The van der Waals surface area contributed by atoms with Crippen LogP contribution < -0.4 is 14.8 Å². The SMILES string of the molecule is CSCCC(NC(=O)COc1cc(O)c2c(c1)OC(C)(C)CC2=O)c1nc2ccccc2[nH]1. The molecule has 3 aromatic rings. The highest BCUT2D eigenvalue weighted by Gasteiger charge is 2.35. The smallest absolute Gasteiger partial charge is 0.258 e. The highest BCUT2D eigenvalue weighted by molar-refractivity contribution is 7.98. The fourth-order valence-electron chi connectivity index (χ4n) is 3.86. The number of aromatic amines is 1. The molecule has 1 aliphatic rings. The van der Waals surface area contributed by atoms with E-state index in [4.69, 9.17) is 9.47 Å². The molecular weight excluding hydrogens is 442 g/mol. The summed E-state index contributed by atoms with van der Waals surface area (Å²) < 4.78 is 11.5. The number of imidazole rings is 1. The summed E-state index contributed by atoms with van der Waals surface area (Å²) in [4.78, 5) is 32.9. The fraction of sp³-hybridized carbons (Fsp3) is 0.375. The van der Waals surface area contributed by atoms with Crippen LogP contribution in [0.1, 0.15) is 48.9 Å². The minimum Gasteiger partial charge on any atom is -0.507 e. The van der Waals surface area contributed by atoms with E-state index in [1.165, 1.54) is 12.1 Å². The molecule has 0 radical (unpaired) electrons. The second kappa shape index (κ2) is 9.35. The molecule has 2 aromatic carbocycles. The van der Waals surface area contributed by atoms with Crippen molar-refractivity contribution in [1.82, 2.24) is 15.3 Å². The van der Waals surface area contributed by atoms with Gasteiger partial charge in [0.25, 0.3) is 5.91 Å². The van der Waals surface area contributed by atoms with Gasteiger partial charge in [0.1, 0.15) is 34.2 Å². The Morgan fingerprint density at radius 2 is 2.15 bits per heavy atom. The maximum Gasteiger partial charge on any atom is 0.258 e. The van der Waals surface area contributed by atoms with E-state index in [1.807, 2.05) is 30.5 Å². The molecule has 0 spiro atoms. The zero-order chi connectivity index (χ0) is 23.6. The van der Waals surface area contributed by atoms with Gasteiger partial charge >= 0.3 is 0 Å². The molecule has 2 heterocycles. The number of para-hydroxylation sites is 2. The van der Waals surface area contributed by atoms with Crippen LogP contribution in [0.25, 0.3) is 11.0 Å². The van der Waals surface area contributed by atoms with Gasteiger partial charge in [-0.3, -0.25) is 9.59 Å². The third-order valence-corrected chi connectivity index (χ3v) is 6.00. The maximum absolute atomic E-state index is 12.7. The topological polar surface area (TPSA) is 114 Å². The maximum atomic E-state index is 12.7. The first kappa shape index (κ1) is 23.0. The average molecular weight is 470 g/mol. The first-order valence-electron chi connectivity index (χ1n) is 10.7. The van der Waals surface area contributed by atoms with Crippen LogP contribution >= 0.6 is 11.8 Å². The Balaban J connectivity index is 1.45. The van der Waals surface area contributed by atoms with Gasteiger partial charge in [-0.05, 0) is 44.4 Å². The molecule has 1 amide bonds. The Kier molecular flexibility index (Phi) is 6.51. The number of nitrogens with one attached hydrogen (secondary N) is 2. The summed E-state index contributed by atoms with van der Waals surface area (Å²) in [5, 5.41) is 13.3. The minimum absolute atomic E-state index is 0.146. The molecule has 1 aromatic heterocycles. The lowest BCUT2D eigenvalue weighted by Gasteiger charge is -2.32. The molecule has 3 N–H and O–H groups in total. The first-order valence-corrected chi connectivity index (χ1v) is 12.1. The van der Waals surface area contributed by atoms with Gasteiger partial charge in [0.15, 0.2) is 12.4 Å². The summed E-state index contributed by atoms with van der Waals surface area (Å²) in [6.07, 6.45) is 2.89. The van der Waals surface area contributed by atoms with Gasteiger partial charge in [-0.15, -0.1) is 0 Å². The summed E-state index contributed by atoms with van der Waals surface area (Å²) in [7, 11) is 0. The largest absolute Gasteiger partial charge is 0.507 e. The Morgan fingerprint density at radius 3 is 2.91 bits per heavy atom. The van der Waals surface area contributed by atoms with Crippen LogP contribution in [0, 0.1) is 0 Å². The predicted molar refractivity (Wildman–Crippen MR) is 127 cm³/mol. The summed E-state index contributed by atoms with van der Waals surface area (Å²) in [6.45, 7) is 3.35. The molecule has 0 saturated carbocycles. The monoisotopic (exact) mass is 469 g/mol. The van der Waals surface area contributed by atoms with Crippen LogP contribution in [0.2, 0.25) is 0 Å². The third kappa shape index (κ3) is 5.24. The number of phenolic OH excluding ortho intramolecular Hbond substituents is 1. The van der Waals surface area contributed by atoms with Gasteiger partial charge in [0, 0.05) is 12.1 Å². The van der Waals surface area contributed by atoms with Gasteiger partial charge in [-0.2, -0.15) is 11.8 Å². The van der Waals surface area contributed by atoms with E-state index < -0.39 is 5.60 Å². The lowest BCUT2D eigenvalue weighted by Crippen LogP contribution is -2.36. The normalized spacial score (nSPS) is 15.5.